The van der Waals surface area contributed by atoms with Gasteiger partial charge in [0.25, 0.3) is 0 Å². The Kier molecular flexibility index (Phi) is 5.34. The number of phenolic OH excluding ortho intramolecular Hbond substituents is 4. The van der Waals surface area contributed by atoms with Crippen molar-refractivity contribution < 1.29 is 49.6 Å². The van der Waals surface area contributed by atoms with Crippen molar-refractivity contribution in [2.45, 2.75) is 37.6 Å². The van der Waals surface area contributed by atoms with Gasteiger partial charge in [-0.1, -0.05) is 0 Å². The van der Waals surface area contributed by atoms with E-state index in [1.807, 2.05) is 0 Å². The van der Waals surface area contributed by atoms with Gasteiger partial charge in [0.2, 0.25) is 23.2 Å². The Morgan fingerprint density at radius 3 is 2.34 bits per heavy atom. The summed E-state index contributed by atoms with van der Waals surface area (Å²) in [6.07, 6.45) is -7.35. The third-order valence-corrected chi connectivity index (χ3v) is 5.25. The van der Waals surface area contributed by atoms with E-state index in [1.165, 1.54) is 19.1 Å². The summed E-state index contributed by atoms with van der Waals surface area (Å²) in [5, 5.41) is 69.7. The number of aromatic hydroxyl groups is 4. The van der Waals surface area contributed by atoms with Crippen LogP contribution in [0.5, 0.6) is 28.7 Å². The van der Waals surface area contributed by atoms with Crippen molar-refractivity contribution in [1.29, 1.82) is 0 Å². The molecule has 1 fully saturated rings. The molecular formula is C21H20O11. The quantitative estimate of drug-likeness (QED) is 0.276. The Labute approximate surface area is 179 Å². The number of ether oxygens (including phenoxy) is 2. The van der Waals surface area contributed by atoms with Crippen molar-refractivity contribution in [2.24, 2.45) is 0 Å². The van der Waals surface area contributed by atoms with Crippen LogP contribution in [0.15, 0.2) is 39.5 Å². The predicted molar refractivity (Wildman–Crippen MR) is 108 cm³/mol. The van der Waals surface area contributed by atoms with Crippen LogP contribution in [0, 0.1) is 0 Å². The molecule has 1 aromatic heterocycles. The molecule has 0 bridgehead atoms. The monoisotopic (exact) mass is 448 g/mol. The highest BCUT2D eigenvalue weighted by molar-refractivity contribution is 5.85. The number of hydrogen-bond acceptors (Lipinski definition) is 11. The number of aliphatic hydroxyl groups is 3. The Balaban J connectivity index is 1.92. The first-order valence-electron chi connectivity index (χ1n) is 9.50. The number of aliphatic hydroxyl groups excluding tert-OH is 3. The van der Waals surface area contributed by atoms with E-state index in [2.05, 4.69) is 0 Å². The Morgan fingerprint density at radius 1 is 0.906 bits per heavy atom. The van der Waals surface area contributed by atoms with Crippen LogP contribution in [0.3, 0.4) is 0 Å². The number of fused-ring (bicyclic) bond motifs is 1. The molecule has 0 unspecified atom stereocenters. The zero-order valence-corrected chi connectivity index (χ0v) is 16.5. The van der Waals surface area contributed by atoms with Gasteiger partial charge in [0.1, 0.15) is 29.6 Å². The molecule has 3 aromatic rings. The fourth-order valence-corrected chi connectivity index (χ4v) is 3.43. The van der Waals surface area contributed by atoms with Crippen molar-refractivity contribution >= 4 is 11.0 Å². The van der Waals surface area contributed by atoms with Gasteiger partial charge >= 0.3 is 0 Å². The van der Waals surface area contributed by atoms with Gasteiger partial charge in [0.05, 0.1) is 17.1 Å². The van der Waals surface area contributed by atoms with Crippen LogP contribution in [-0.4, -0.2) is 66.5 Å². The standard InChI is InChI=1S/C21H20O11/c1-7-13(24)17(28)18(29)21(30-7)32-20-15(26)9-3-2-8(22)6-12(9)31-19(20)10-4-5-11(23)16(27)14(10)25/h2-7,13,17-18,21-25,27-29H,1H3/t7-,13+,17+,18+,21+/m1/s1. The molecule has 1 aliphatic rings. The first-order chi connectivity index (χ1) is 15.1. The van der Waals surface area contributed by atoms with Crippen molar-refractivity contribution in [3.05, 3.63) is 40.6 Å². The Morgan fingerprint density at radius 2 is 1.62 bits per heavy atom. The number of phenols is 4. The van der Waals surface area contributed by atoms with E-state index in [-0.39, 0.29) is 22.3 Å². The maximum absolute atomic E-state index is 13.2. The highest BCUT2D eigenvalue weighted by atomic mass is 16.7. The fourth-order valence-electron chi connectivity index (χ4n) is 3.43. The molecule has 0 spiro atoms. The molecule has 32 heavy (non-hydrogen) atoms. The number of benzene rings is 2. The molecule has 1 aliphatic heterocycles. The molecule has 170 valence electrons. The van der Waals surface area contributed by atoms with E-state index in [0.717, 1.165) is 18.2 Å². The predicted octanol–water partition coefficient (Wildman–Crippen LogP) is 0.489. The van der Waals surface area contributed by atoms with Gasteiger partial charge in [0.15, 0.2) is 17.3 Å². The van der Waals surface area contributed by atoms with Gasteiger partial charge in [-0.3, -0.25) is 4.79 Å². The highest BCUT2D eigenvalue weighted by Crippen LogP contribution is 2.45. The molecule has 0 radical (unpaired) electrons. The topological polar surface area (TPSA) is 190 Å². The molecule has 0 amide bonds. The molecular weight excluding hydrogens is 428 g/mol. The second kappa shape index (κ2) is 7.88. The summed E-state index contributed by atoms with van der Waals surface area (Å²) in [6, 6.07) is 5.83. The molecule has 1 saturated heterocycles. The smallest absolute Gasteiger partial charge is 0.235 e. The van der Waals surface area contributed by atoms with Gasteiger partial charge in [-0.2, -0.15) is 0 Å². The maximum Gasteiger partial charge on any atom is 0.235 e. The molecule has 2 aromatic carbocycles. The Bertz CT molecular complexity index is 1230. The summed E-state index contributed by atoms with van der Waals surface area (Å²) in [7, 11) is 0. The number of rotatable bonds is 3. The van der Waals surface area contributed by atoms with Gasteiger partial charge in [-0.25, -0.2) is 0 Å². The summed E-state index contributed by atoms with van der Waals surface area (Å²) in [4.78, 5) is 13.2. The minimum Gasteiger partial charge on any atom is -0.508 e. The molecule has 2 heterocycles. The molecule has 11 nitrogen and oxygen atoms in total. The van der Waals surface area contributed by atoms with E-state index < -0.39 is 64.9 Å². The third kappa shape index (κ3) is 3.46. The third-order valence-electron chi connectivity index (χ3n) is 5.25. The highest BCUT2D eigenvalue weighted by Gasteiger charge is 2.44. The molecule has 4 rings (SSSR count). The first kappa shape index (κ1) is 21.7. The summed E-state index contributed by atoms with van der Waals surface area (Å²) < 4.78 is 16.6. The molecule has 11 heteroatoms. The van der Waals surface area contributed by atoms with E-state index in [9.17, 15) is 40.5 Å². The summed E-state index contributed by atoms with van der Waals surface area (Å²) in [5.41, 5.74) is -1.12. The second-order valence-electron chi connectivity index (χ2n) is 7.40. The van der Waals surface area contributed by atoms with Crippen LogP contribution in [0.25, 0.3) is 22.3 Å². The lowest BCUT2D eigenvalue weighted by atomic mass is 10.00. The Hall–Kier alpha value is -3.51. The van der Waals surface area contributed by atoms with E-state index in [0.29, 0.717) is 0 Å². The largest absolute Gasteiger partial charge is 0.508 e. The van der Waals surface area contributed by atoms with Crippen LogP contribution >= 0.6 is 0 Å². The van der Waals surface area contributed by atoms with Gasteiger partial charge in [0, 0.05) is 6.07 Å². The first-order valence-corrected chi connectivity index (χ1v) is 9.50. The van der Waals surface area contributed by atoms with Crippen LogP contribution in [0.2, 0.25) is 0 Å². The van der Waals surface area contributed by atoms with Crippen molar-refractivity contribution in [2.75, 3.05) is 0 Å². The summed E-state index contributed by atoms with van der Waals surface area (Å²) in [5.74, 6) is -3.52. The van der Waals surface area contributed by atoms with E-state index >= 15 is 0 Å². The SMILES string of the molecule is C[C@H]1O[C@@H](Oc2c(-c3ccc(O)c(O)c3O)oc3cc(O)ccc3c2=O)[C@@H](O)[C@@H](O)[C@H]1O. The minimum absolute atomic E-state index is 0.0250. The zero-order chi connectivity index (χ0) is 23.3. The molecule has 0 saturated carbocycles. The molecule has 0 aliphatic carbocycles. The fraction of sp³-hybridized carbons (Fsp3) is 0.286. The lowest BCUT2D eigenvalue weighted by molar-refractivity contribution is -0.268. The van der Waals surface area contributed by atoms with Gasteiger partial charge < -0.3 is 49.6 Å². The molecule has 5 atom stereocenters. The average Bonchev–Trinajstić information content (AvgIpc) is 2.76. The lowest BCUT2D eigenvalue weighted by Gasteiger charge is -2.38. The minimum atomic E-state index is -1.74. The van der Waals surface area contributed by atoms with Crippen molar-refractivity contribution in [3.8, 4) is 40.1 Å². The molecule has 7 N–H and O–H groups in total. The summed E-state index contributed by atoms with van der Waals surface area (Å²) in [6.45, 7) is 1.42. The van der Waals surface area contributed by atoms with Crippen molar-refractivity contribution in [3.63, 3.8) is 0 Å². The van der Waals surface area contributed by atoms with Crippen LogP contribution in [0.4, 0.5) is 0 Å². The maximum atomic E-state index is 13.2. The summed E-state index contributed by atoms with van der Waals surface area (Å²) >= 11 is 0. The van der Waals surface area contributed by atoms with Crippen LogP contribution in [-0.2, 0) is 4.74 Å². The average molecular weight is 448 g/mol. The number of hydrogen-bond donors (Lipinski definition) is 7. The normalized spacial score (nSPS) is 25.7. The van der Waals surface area contributed by atoms with Crippen LogP contribution in [0.1, 0.15) is 6.92 Å². The zero-order valence-electron chi connectivity index (χ0n) is 16.5. The van der Waals surface area contributed by atoms with Crippen LogP contribution < -0.4 is 10.2 Å². The van der Waals surface area contributed by atoms with E-state index in [4.69, 9.17) is 13.9 Å². The van der Waals surface area contributed by atoms with Gasteiger partial charge in [-0.05, 0) is 31.2 Å². The second-order valence-corrected chi connectivity index (χ2v) is 7.40. The lowest BCUT2D eigenvalue weighted by Crippen LogP contribution is -2.58. The van der Waals surface area contributed by atoms with Crippen molar-refractivity contribution in [1.82, 2.24) is 0 Å². The van der Waals surface area contributed by atoms with E-state index in [1.54, 1.807) is 0 Å². The van der Waals surface area contributed by atoms with Gasteiger partial charge in [-0.15, -0.1) is 0 Å².